The van der Waals surface area contributed by atoms with E-state index < -0.39 is 6.10 Å². The van der Waals surface area contributed by atoms with Gasteiger partial charge in [-0.3, -0.25) is 9.59 Å². The van der Waals surface area contributed by atoms with Crippen LogP contribution in [-0.2, 0) is 4.79 Å². The zero-order chi connectivity index (χ0) is 22.5. The summed E-state index contributed by atoms with van der Waals surface area (Å²) in [4.78, 5) is 25.9. The first-order valence-corrected chi connectivity index (χ1v) is 10.6. The van der Waals surface area contributed by atoms with Gasteiger partial charge in [-0.15, -0.1) is 0 Å². The van der Waals surface area contributed by atoms with Crippen LogP contribution >= 0.6 is 11.6 Å². The van der Waals surface area contributed by atoms with Gasteiger partial charge < -0.3 is 10.1 Å². The maximum absolute atomic E-state index is 13.0. The van der Waals surface area contributed by atoms with Crippen LogP contribution < -0.4 is 10.1 Å². The van der Waals surface area contributed by atoms with E-state index in [1.165, 1.54) is 0 Å². The van der Waals surface area contributed by atoms with Gasteiger partial charge in [0.25, 0.3) is 5.91 Å². The molecule has 0 aliphatic carbocycles. The summed E-state index contributed by atoms with van der Waals surface area (Å²) in [5.74, 6) is 0.389. The fourth-order valence-electron chi connectivity index (χ4n) is 3.26. The van der Waals surface area contributed by atoms with Gasteiger partial charge in [-0.2, -0.15) is 0 Å². The monoisotopic (exact) mass is 435 g/mol. The van der Waals surface area contributed by atoms with Crippen LogP contribution in [0, 0.1) is 6.92 Å². The molecule has 5 heteroatoms. The first-order chi connectivity index (χ1) is 14.8. The third-order valence-electron chi connectivity index (χ3n) is 4.98. The molecule has 0 radical (unpaired) electrons. The van der Waals surface area contributed by atoms with Crippen molar-refractivity contribution in [2.24, 2.45) is 0 Å². The van der Waals surface area contributed by atoms with Crippen molar-refractivity contribution in [3.05, 3.63) is 94.0 Å². The quantitative estimate of drug-likeness (QED) is 0.436. The highest BCUT2D eigenvalue weighted by molar-refractivity contribution is 6.31. The van der Waals surface area contributed by atoms with Gasteiger partial charge >= 0.3 is 0 Å². The largest absolute Gasteiger partial charge is 0.481 e. The van der Waals surface area contributed by atoms with Gasteiger partial charge in [-0.05, 0) is 55.2 Å². The van der Waals surface area contributed by atoms with Crippen molar-refractivity contribution in [2.75, 3.05) is 5.32 Å². The number of benzene rings is 3. The molecule has 0 heterocycles. The van der Waals surface area contributed by atoms with E-state index in [1.54, 1.807) is 49.4 Å². The molecule has 0 saturated heterocycles. The Morgan fingerprint density at radius 3 is 2.32 bits per heavy atom. The molecule has 3 aromatic carbocycles. The predicted octanol–water partition coefficient (Wildman–Crippen LogP) is 6.41. The summed E-state index contributed by atoms with van der Waals surface area (Å²) in [6, 6.07) is 19.7. The standard InChI is InChI=1S/C26H26ClNO3/c1-16(2)21-12-10-17(3)14-24(21)31-18(4)26(30)28-23-13-11-20(27)15-22(23)25(29)19-8-6-5-7-9-19/h5-16,18H,1-4H3,(H,28,30). The van der Waals surface area contributed by atoms with Crippen LogP contribution in [0.2, 0.25) is 5.02 Å². The van der Waals surface area contributed by atoms with Crippen LogP contribution in [0.5, 0.6) is 5.75 Å². The van der Waals surface area contributed by atoms with Gasteiger partial charge in [0, 0.05) is 16.1 Å². The number of aryl methyl sites for hydroxylation is 1. The predicted molar refractivity (Wildman–Crippen MR) is 125 cm³/mol. The fourth-order valence-corrected chi connectivity index (χ4v) is 3.43. The second-order valence-electron chi connectivity index (χ2n) is 7.83. The average Bonchev–Trinajstić information content (AvgIpc) is 2.74. The van der Waals surface area contributed by atoms with Crippen molar-refractivity contribution in [2.45, 2.75) is 39.7 Å². The van der Waals surface area contributed by atoms with E-state index in [-0.39, 0.29) is 17.6 Å². The summed E-state index contributed by atoms with van der Waals surface area (Å²) < 4.78 is 6.01. The number of rotatable bonds is 7. The van der Waals surface area contributed by atoms with E-state index in [0.29, 0.717) is 27.6 Å². The van der Waals surface area contributed by atoms with E-state index in [1.807, 2.05) is 31.2 Å². The summed E-state index contributed by atoms with van der Waals surface area (Å²) in [6.07, 6.45) is -0.755. The molecule has 3 aromatic rings. The third kappa shape index (κ3) is 5.53. The molecular weight excluding hydrogens is 410 g/mol. The number of halogens is 1. The Balaban J connectivity index is 1.83. The normalized spacial score (nSPS) is 11.8. The highest BCUT2D eigenvalue weighted by Crippen LogP contribution is 2.29. The van der Waals surface area contributed by atoms with E-state index in [2.05, 4.69) is 19.2 Å². The van der Waals surface area contributed by atoms with Crippen molar-refractivity contribution < 1.29 is 14.3 Å². The SMILES string of the molecule is Cc1ccc(C(C)C)c(OC(C)C(=O)Nc2ccc(Cl)cc2C(=O)c2ccccc2)c1. The molecule has 160 valence electrons. The number of ether oxygens (including phenoxy) is 1. The molecule has 0 aromatic heterocycles. The van der Waals surface area contributed by atoms with E-state index in [0.717, 1.165) is 11.1 Å². The summed E-state index contributed by atoms with van der Waals surface area (Å²) in [6.45, 7) is 7.84. The number of ketones is 1. The smallest absolute Gasteiger partial charge is 0.265 e. The number of carbonyl (C=O) groups is 2. The second-order valence-corrected chi connectivity index (χ2v) is 8.27. The highest BCUT2D eigenvalue weighted by Gasteiger charge is 2.21. The van der Waals surface area contributed by atoms with Crippen LogP contribution in [-0.4, -0.2) is 17.8 Å². The zero-order valence-electron chi connectivity index (χ0n) is 18.1. The van der Waals surface area contributed by atoms with Crippen molar-refractivity contribution >= 4 is 29.0 Å². The minimum absolute atomic E-state index is 0.215. The number of nitrogens with one attached hydrogen (secondary N) is 1. The Kier molecular flexibility index (Phi) is 7.13. The molecule has 1 atom stereocenters. The van der Waals surface area contributed by atoms with Gasteiger partial charge in [0.1, 0.15) is 5.75 Å². The van der Waals surface area contributed by atoms with Gasteiger partial charge in [0.2, 0.25) is 0 Å². The summed E-state index contributed by atoms with van der Waals surface area (Å²) in [5, 5.41) is 3.25. The minimum atomic E-state index is -0.755. The Hall–Kier alpha value is -3.11. The Morgan fingerprint density at radius 2 is 1.65 bits per heavy atom. The topological polar surface area (TPSA) is 55.4 Å². The molecule has 0 aliphatic heterocycles. The number of carbonyl (C=O) groups excluding carboxylic acids is 2. The van der Waals surface area contributed by atoms with Gasteiger partial charge in [0.15, 0.2) is 11.9 Å². The van der Waals surface area contributed by atoms with E-state index >= 15 is 0 Å². The van der Waals surface area contributed by atoms with Crippen molar-refractivity contribution in [3.63, 3.8) is 0 Å². The van der Waals surface area contributed by atoms with Crippen LogP contribution in [0.15, 0.2) is 66.7 Å². The lowest BCUT2D eigenvalue weighted by Crippen LogP contribution is -2.31. The lowest BCUT2D eigenvalue weighted by atomic mass is 10.0. The maximum Gasteiger partial charge on any atom is 0.265 e. The van der Waals surface area contributed by atoms with Crippen LogP contribution in [0.1, 0.15) is 53.7 Å². The number of amides is 1. The lowest BCUT2D eigenvalue weighted by molar-refractivity contribution is -0.122. The molecule has 4 nitrogen and oxygen atoms in total. The highest BCUT2D eigenvalue weighted by atomic mass is 35.5. The Labute approximate surface area is 188 Å². The maximum atomic E-state index is 13.0. The molecule has 0 spiro atoms. The Morgan fingerprint density at radius 1 is 0.935 bits per heavy atom. The lowest BCUT2D eigenvalue weighted by Gasteiger charge is -2.20. The van der Waals surface area contributed by atoms with Gasteiger partial charge in [0.05, 0.1) is 5.69 Å². The van der Waals surface area contributed by atoms with Crippen LogP contribution in [0.4, 0.5) is 5.69 Å². The molecule has 0 bridgehead atoms. The van der Waals surface area contributed by atoms with Crippen molar-refractivity contribution in [3.8, 4) is 5.75 Å². The number of hydrogen-bond donors (Lipinski definition) is 1. The Bertz CT molecular complexity index is 1090. The zero-order valence-corrected chi connectivity index (χ0v) is 18.9. The van der Waals surface area contributed by atoms with Gasteiger partial charge in [-0.25, -0.2) is 0 Å². The molecule has 1 unspecified atom stereocenters. The summed E-state index contributed by atoms with van der Waals surface area (Å²) in [5.41, 5.74) is 3.34. The molecule has 1 N–H and O–H groups in total. The van der Waals surface area contributed by atoms with Crippen LogP contribution in [0.3, 0.4) is 0 Å². The molecule has 1 amide bonds. The van der Waals surface area contributed by atoms with Crippen molar-refractivity contribution in [1.82, 2.24) is 0 Å². The number of anilines is 1. The average molecular weight is 436 g/mol. The summed E-state index contributed by atoms with van der Waals surface area (Å²) in [7, 11) is 0. The third-order valence-corrected chi connectivity index (χ3v) is 5.22. The molecular formula is C26H26ClNO3. The van der Waals surface area contributed by atoms with Gasteiger partial charge in [-0.1, -0.05) is 67.9 Å². The molecule has 0 aliphatic rings. The fraction of sp³-hybridized carbons (Fsp3) is 0.231. The van der Waals surface area contributed by atoms with E-state index in [9.17, 15) is 9.59 Å². The molecule has 0 fully saturated rings. The van der Waals surface area contributed by atoms with Crippen molar-refractivity contribution in [1.29, 1.82) is 0 Å². The molecule has 0 saturated carbocycles. The first-order valence-electron chi connectivity index (χ1n) is 10.2. The minimum Gasteiger partial charge on any atom is -0.481 e. The van der Waals surface area contributed by atoms with E-state index in [4.69, 9.17) is 16.3 Å². The number of hydrogen-bond acceptors (Lipinski definition) is 3. The first kappa shape index (κ1) is 22.6. The summed E-state index contributed by atoms with van der Waals surface area (Å²) >= 11 is 6.13. The van der Waals surface area contributed by atoms with Crippen LogP contribution in [0.25, 0.3) is 0 Å². The molecule has 31 heavy (non-hydrogen) atoms. The molecule has 3 rings (SSSR count). The second kappa shape index (κ2) is 9.80.